The van der Waals surface area contributed by atoms with E-state index in [4.69, 9.17) is 15.2 Å². The molecule has 3 N–H and O–H groups in total. The maximum absolute atomic E-state index is 11.9. The lowest BCUT2D eigenvalue weighted by molar-refractivity contribution is -0.142. The van der Waals surface area contributed by atoms with Crippen LogP contribution in [0, 0.1) is 11.8 Å². The van der Waals surface area contributed by atoms with Crippen LogP contribution in [-0.4, -0.2) is 38.5 Å². The Kier molecular flexibility index (Phi) is 9.92. The molecule has 108 valence electrons. The smallest absolute Gasteiger partial charge is 0.224 e. The number of rotatable bonds is 10. The maximum Gasteiger partial charge on any atom is 0.224 e. The minimum absolute atomic E-state index is 0.0180. The molecular weight excluding hydrogens is 232 g/mol. The first-order valence-corrected chi connectivity index (χ1v) is 6.76. The molecule has 5 heteroatoms. The van der Waals surface area contributed by atoms with E-state index in [2.05, 4.69) is 19.2 Å². The molecule has 1 amide bonds. The van der Waals surface area contributed by atoms with Crippen molar-refractivity contribution in [2.45, 2.75) is 40.4 Å². The maximum atomic E-state index is 11.9. The molecule has 0 bridgehead atoms. The Labute approximate surface area is 110 Å². The molecule has 1 atom stereocenters. The van der Waals surface area contributed by atoms with Gasteiger partial charge in [0.1, 0.15) is 0 Å². The van der Waals surface area contributed by atoms with Crippen LogP contribution in [-0.2, 0) is 14.3 Å². The van der Waals surface area contributed by atoms with Crippen molar-refractivity contribution in [2.24, 2.45) is 17.6 Å². The lowest BCUT2D eigenvalue weighted by atomic mass is 9.96. The van der Waals surface area contributed by atoms with Crippen LogP contribution in [0.15, 0.2) is 0 Å². The second-order valence-electron chi connectivity index (χ2n) is 4.65. The summed E-state index contributed by atoms with van der Waals surface area (Å²) in [5, 5.41) is 2.84. The van der Waals surface area contributed by atoms with Crippen LogP contribution in [0.1, 0.15) is 34.1 Å². The van der Waals surface area contributed by atoms with Gasteiger partial charge < -0.3 is 20.5 Å². The van der Waals surface area contributed by atoms with Crippen molar-refractivity contribution in [2.75, 3.05) is 26.3 Å². The van der Waals surface area contributed by atoms with E-state index in [1.54, 1.807) is 0 Å². The largest absolute Gasteiger partial charge is 0.351 e. The van der Waals surface area contributed by atoms with Gasteiger partial charge in [0, 0.05) is 19.8 Å². The van der Waals surface area contributed by atoms with Crippen LogP contribution in [0.3, 0.4) is 0 Å². The van der Waals surface area contributed by atoms with E-state index >= 15 is 0 Å². The molecule has 0 aliphatic carbocycles. The van der Waals surface area contributed by atoms with Crippen LogP contribution >= 0.6 is 0 Å². The molecule has 0 aromatic rings. The van der Waals surface area contributed by atoms with Crippen molar-refractivity contribution >= 4 is 5.91 Å². The van der Waals surface area contributed by atoms with Crippen LogP contribution in [0.4, 0.5) is 0 Å². The normalized spacial score (nSPS) is 13.1. The third kappa shape index (κ3) is 7.63. The highest BCUT2D eigenvalue weighted by Crippen LogP contribution is 2.10. The summed E-state index contributed by atoms with van der Waals surface area (Å²) in [6, 6.07) is 0. The van der Waals surface area contributed by atoms with Gasteiger partial charge in [0.2, 0.25) is 5.91 Å². The molecule has 18 heavy (non-hydrogen) atoms. The zero-order chi connectivity index (χ0) is 14.0. The summed E-state index contributed by atoms with van der Waals surface area (Å²) >= 11 is 0. The highest BCUT2D eigenvalue weighted by Gasteiger charge is 2.19. The summed E-state index contributed by atoms with van der Waals surface area (Å²) in [5.41, 5.74) is 5.62. The molecule has 0 spiro atoms. The Bertz CT molecular complexity index is 216. The zero-order valence-corrected chi connectivity index (χ0v) is 12.1. The monoisotopic (exact) mass is 260 g/mol. The highest BCUT2D eigenvalue weighted by atomic mass is 16.7. The van der Waals surface area contributed by atoms with E-state index in [1.165, 1.54) is 0 Å². The van der Waals surface area contributed by atoms with Gasteiger partial charge in [0.25, 0.3) is 0 Å². The summed E-state index contributed by atoms with van der Waals surface area (Å²) in [7, 11) is 0. The van der Waals surface area contributed by atoms with Crippen LogP contribution in [0.5, 0.6) is 0 Å². The first kappa shape index (κ1) is 17.4. The van der Waals surface area contributed by atoms with Crippen molar-refractivity contribution in [3.8, 4) is 0 Å². The summed E-state index contributed by atoms with van der Waals surface area (Å²) in [4.78, 5) is 11.9. The summed E-state index contributed by atoms with van der Waals surface area (Å²) in [6.45, 7) is 9.83. The van der Waals surface area contributed by atoms with E-state index in [0.717, 1.165) is 6.42 Å². The van der Waals surface area contributed by atoms with E-state index in [-0.39, 0.29) is 18.1 Å². The van der Waals surface area contributed by atoms with Crippen molar-refractivity contribution in [3.63, 3.8) is 0 Å². The Balaban J connectivity index is 4.10. The molecule has 0 saturated carbocycles. The van der Waals surface area contributed by atoms with E-state index in [0.29, 0.717) is 32.2 Å². The SMILES string of the molecule is CCOC(CNC(=O)C(CN)CC(C)C)OCC. The Morgan fingerprint density at radius 3 is 2.17 bits per heavy atom. The van der Waals surface area contributed by atoms with Gasteiger partial charge in [-0.1, -0.05) is 13.8 Å². The van der Waals surface area contributed by atoms with Gasteiger partial charge in [-0.15, -0.1) is 0 Å². The standard InChI is InChI=1S/C13H28N2O3/c1-5-17-12(18-6-2)9-15-13(16)11(8-14)7-10(3)4/h10-12H,5-9,14H2,1-4H3,(H,15,16). The Morgan fingerprint density at radius 2 is 1.78 bits per heavy atom. The lowest BCUT2D eigenvalue weighted by Gasteiger charge is -2.20. The molecule has 1 unspecified atom stereocenters. The van der Waals surface area contributed by atoms with Crippen molar-refractivity contribution < 1.29 is 14.3 Å². The fourth-order valence-electron chi connectivity index (χ4n) is 1.75. The van der Waals surface area contributed by atoms with Gasteiger partial charge in [0.05, 0.1) is 12.5 Å². The summed E-state index contributed by atoms with van der Waals surface area (Å²) in [6.07, 6.45) is 0.428. The molecule has 0 radical (unpaired) electrons. The zero-order valence-electron chi connectivity index (χ0n) is 12.1. The van der Waals surface area contributed by atoms with Gasteiger partial charge in [0.15, 0.2) is 6.29 Å². The summed E-state index contributed by atoms with van der Waals surface area (Å²) < 4.78 is 10.7. The fraction of sp³-hybridized carbons (Fsp3) is 0.923. The number of carbonyl (C=O) groups excluding carboxylic acids is 1. The minimum Gasteiger partial charge on any atom is -0.351 e. The van der Waals surface area contributed by atoms with Crippen molar-refractivity contribution in [3.05, 3.63) is 0 Å². The summed E-state index contributed by atoms with van der Waals surface area (Å²) in [5.74, 6) is 0.309. The van der Waals surface area contributed by atoms with E-state index in [1.807, 2.05) is 13.8 Å². The quantitative estimate of drug-likeness (QED) is 0.577. The predicted molar refractivity (Wildman–Crippen MR) is 72.0 cm³/mol. The molecule has 0 saturated heterocycles. The molecular formula is C13H28N2O3. The second kappa shape index (κ2) is 10.3. The van der Waals surface area contributed by atoms with Gasteiger partial charge in [-0.3, -0.25) is 4.79 Å². The number of nitrogens with one attached hydrogen (secondary N) is 1. The second-order valence-corrected chi connectivity index (χ2v) is 4.65. The Morgan fingerprint density at radius 1 is 1.22 bits per heavy atom. The molecule has 5 nitrogen and oxygen atoms in total. The van der Waals surface area contributed by atoms with E-state index < -0.39 is 0 Å². The van der Waals surface area contributed by atoms with Gasteiger partial charge in [-0.25, -0.2) is 0 Å². The average Bonchev–Trinajstić information content (AvgIpc) is 2.33. The number of ether oxygens (including phenoxy) is 2. The van der Waals surface area contributed by atoms with Crippen LogP contribution in [0.2, 0.25) is 0 Å². The molecule has 0 heterocycles. The third-order valence-electron chi connectivity index (χ3n) is 2.56. The van der Waals surface area contributed by atoms with Crippen LogP contribution < -0.4 is 11.1 Å². The first-order valence-electron chi connectivity index (χ1n) is 6.76. The van der Waals surface area contributed by atoms with E-state index in [9.17, 15) is 4.79 Å². The number of carbonyl (C=O) groups is 1. The van der Waals surface area contributed by atoms with Crippen molar-refractivity contribution in [1.29, 1.82) is 0 Å². The molecule has 0 fully saturated rings. The lowest BCUT2D eigenvalue weighted by Crippen LogP contribution is -2.41. The van der Waals surface area contributed by atoms with Crippen molar-refractivity contribution in [1.82, 2.24) is 5.32 Å². The van der Waals surface area contributed by atoms with Crippen LogP contribution in [0.25, 0.3) is 0 Å². The number of hydrogen-bond acceptors (Lipinski definition) is 4. The molecule has 0 aromatic heterocycles. The van der Waals surface area contributed by atoms with Gasteiger partial charge >= 0.3 is 0 Å². The minimum atomic E-state index is -0.374. The molecule has 0 aliphatic rings. The fourth-order valence-corrected chi connectivity index (χ4v) is 1.75. The predicted octanol–water partition coefficient (Wildman–Crippen LogP) is 1.12. The number of amides is 1. The Hall–Kier alpha value is -0.650. The number of nitrogens with two attached hydrogens (primary N) is 1. The number of hydrogen-bond donors (Lipinski definition) is 2. The highest BCUT2D eigenvalue weighted by molar-refractivity contribution is 5.78. The average molecular weight is 260 g/mol. The third-order valence-corrected chi connectivity index (χ3v) is 2.56. The molecule has 0 aliphatic heterocycles. The molecule has 0 rings (SSSR count). The van der Waals surface area contributed by atoms with Gasteiger partial charge in [-0.05, 0) is 26.2 Å². The first-order chi connectivity index (χ1) is 8.54. The topological polar surface area (TPSA) is 73.6 Å². The van der Waals surface area contributed by atoms with Gasteiger partial charge in [-0.2, -0.15) is 0 Å². The molecule has 0 aromatic carbocycles.